The van der Waals surface area contributed by atoms with Crippen molar-refractivity contribution < 1.29 is 14.2 Å². The van der Waals surface area contributed by atoms with Crippen LogP contribution in [0.4, 0.5) is 0 Å². The van der Waals surface area contributed by atoms with E-state index >= 15 is 0 Å². The molecule has 2 N–H and O–H groups in total. The second-order valence-electron chi connectivity index (χ2n) is 4.23. The van der Waals surface area contributed by atoms with Gasteiger partial charge >= 0.3 is 0 Å². The summed E-state index contributed by atoms with van der Waals surface area (Å²) in [4.78, 5) is 0. The zero-order valence-corrected chi connectivity index (χ0v) is 13.2. The van der Waals surface area contributed by atoms with Gasteiger partial charge in [-0.05, 0) is 36.8 Å². The van der Waals surface area contributed by atoms with Crippen molar-refractivity contribution >= 4 is 17.3 Å². The quantitative estimate of drug-likeness (QED) is 0.592. The number of ether oxygens (including phenoxy) is 3. The summed E-state index contributed by atoms with van der Waals surface area (Å²) in [6.45, 7) is 3.33. The Morgan fingerprint density at radius 1 is 1.20 bits per heavy atom. The highest BCUT2D eigenvalue weighted by Gasteiger charge is 2.10. The molecule has 0 aliphatic rings. The lowest BCUT2D eigenvalue weighted by atomic mass is 10.1. The molecule has 20 heavy (non-hydrogen) atoms. The van der Waals surface area contributed by atoms with Crippen LogP contribution in [0.15, 0.2) is 18.2 Å². The van der Waals surface area contributed by atoms with Crippen molar-refractivity contribution in [1.82, 2.24) is 10.6 Å². The van der Waals surface area contributed by atoms with Crippen molar-refractivity contribution in [3.05, 3.63) is 23.8 Å². The Balaban J connectivity index is 2.63. The van der Waals surface area contributed by atoms with Crippen LogP contribution in [0, 0.1) is 0 Å². The summed E-state index contributed by atoms with van der Waals surface area (Å²) >= 11 is 5.22. The van der Waals surface area contributed by atoms with Gasteiger partial charge in [-0.3, -0.25) is 0 Å². The molecule has 1 aromatic carbocycles. The summed E-state index contributed by atoms with van der Waals surface area (Å²) < 4.78 is 15.5. The molecule has 112 valence electrons. The lowest BCUT2D eigenvalue weighted by Crippen LogP contribution is -2.38. The van der Waals surface area contributed by atoms with Gasteiger partial charge in [-0.1, -0.05) is 6.07 Å². The number of methoxy groups -OCH3 is 3. The van der Waals surface area contributed by atoms with Gasteiger partial charge in [0.1, 0.15) is 0 Å². The summed E-state index contributed by atoms with van der Waals surface area (Å²) in [6, 6.07) is 5.87. The van der Waals surface area contributed by atoms with E-state index in [9.17, 15) is 0 Å². The molecule has 0 amide bonds. The van der Waals surface area contributed by atoms with Gasteiger partial charge in [-0.25, -0.2) is 0 Å². The first kappa shape index (κ1) is 16.5. The molecule has 1 aromatic rings. The fraction of sp³-hybridized carbons (Fsp3) is 0.500. The molecule has 0 heterocycles. The Hall–Kier alpha value is -1.53. The first-order valence-electron chi connectivity index (χ1n) is 6.37. The van der Waals surface area contributed by atoms with E-state index < -0.39 is 0 Å². The van der Waals surface area contributed by atoms with Crippen molar-refractivity contribution in [3.63, 3.8) is 0 Å². The van der Waals surface area contributed by atoms with E-state index in [0.29, 0.717) is 29.8 Å². The molecule has 5 nitrogen and oxygen atoms in total. The molecular weight excluding hydrogens is 276 g/mol. The minimum Gasteiger partial charge on any atom is -0.493 e. The molecule has 0 bridgehead atoms. The first-order chi connectivity index (χ1) is 9.62. The summed E-state index contributed by atoms with van der Waals surface area (Å²) in [5.74, 6) is 1.42. The molecule has 0 aliphatic carbocycles. The fourth-order valence-corrected chi connectivity index (χ4v) is 2.00. The Morgan fingerprint density at radius 2 is 1.90 bits per heavy atom. The monoisotopic (exact) mass is 298 g/mol. The van der Waals surface area contributed by atoms with E-state index in [1.54, 1.807) is 21.3 Å². The summed E-state index contributed by atoms with van der Waals surface area (Å²) in [5, 5.41) is 6.89. The van der Waals surface area contributed by atoms with Crippen LogP contribution in [0.25, 0.3) is 0 Å². The third-order valence-corrected chi connectivity index (χ3v) is 3.11. The molecule has 0 saturated heterocycles. The lowest BCUT2D eigenvalue weighted by Gasteiger charge is -2.18. The van der Waals surface area contributed by atoms with Gasteiger partial charge < -0.3 is 24.8 Å². The highest BCUT2D eigenvalue weighted by Crippen LogP contribution is 2.29. The van der Waals surface area contributed by atoms with Crippen molar-refractivity contribution in [1.29, 1.82) is 0 Å². The van der Waals surface area contributed by atoms with Crippen molar-refractivity contribution in [2.45, 2.75) is 13.0 Å². The van der Waals surface area contributed by atoms with Crippen LogP contribution >= 0.6 is 12.2 Å². The van der Waals surface area contributed by atoms with Crippen LogP contribution in [0.5, 0.6) is 11.5 Å². The zero-order chi connectivity index (χ0) is 15.0. The highest BCUT2D eigenvalue weighted by molar-refractivity contribution is 7.80. The van der Waals surface area contributed by atoms with Crippen molar-refractivity contribution in [3.8, 4) is 11.5 Å². The van der Waals surface area contributed by atoms with Gasteiger partial charge in [0.15, 0.2) is 16.6 Å². The molecule has 1 atom stereocenters. The van der Waals surface area contributed by atoms with Gasteiger partial charge in [0, 0.05) is 13.7 Å². The highest BCUT2D eigenvalue weighted by atomic mass is 32.1. The maximum Gasteiger partial charge on any atom is 0.166 e. The number of hydrogen-bond donors (Lipinski definition) is 2. The summed E-state index contributed by atoms with van der Waals surface area (Å²) in [7, 11) is 4.90. The number of rotatable bonds is 7. The normalized spacial score (nSPS) is 11.6. The van der Waals surface area contributed by atoms with Crippen LogP contribution in [0.1, 0.15) is 18.5 Å². The van der Waals surface area contributed by atoms with Crippen LogP contribution in [-0.2, 0) is 4.74 Å². The molecule has 0 fully saturated rings. The zero-order valence-electron chi connectivity index (χ0n) is 12.4. The molecule has 0 aliphatic heterocycles. The van der Waals surface area contributed by atoms with Crippen molar-refractivity contribution in [2.24, 2.45) is 0 Å². The summed E-state index contributed by atoms with van der Waals surface area (Å²) in [5.41, 5.74) is 1.07. The van der Waals surface area contributed by atoms with Crippen LogP contribution in [-0.4, -0.2) is 39.6 Å². The van der Waals surface area contributed by atoms with Gasteiger partial charge in [-0.15, -0.1) is 0 Å². The molecule has 0 radical (unpaired) electrons. The van der Waals surface area contributed by atoms with Crippen LogP contribution in [0.2, 0.25) is 0 Å². The Morgan fingerprint density at radius 3 is 2.50 bits per heavy atom. The third-order valence-electron chi connectivity index (χ3n) is 2.85. The first-order valence-corrected chi connectivity index (χ1v) is 6.78. The average molecular weight is 298 g/mol. The minimum atomic E-state index is 0.0670. The fourth-order valence-electron chi connectivity index (χ4n) is 1.72. The van der Waals surface area contributed by atoms with E-state index in [1.807, 2.05) is 25.1 Å². The second-order valence-corrected chi connectivity index (χ2v) is 4.64. The molecule has 0 saturated carbocycles. The van der Waals surface area contributed by atoms with Crippen LogP contribution < -0.4 is 20.1 Å². The maximum atomic E-state index is 5.29. The van der Waals surface area contributed by atoms with E-state index in [2.05, 4.69) is 10.6 Å². The molecule has 1 unspecified atom stereocenters. The summed E-state index contributed by atoms with van der Waals surface area (Å²) in [6.07, 6.45) is 0. The topological polar surface area (TPSA) is 51.8 Å². The SMILES string of the molecule is COCCNC(=S)NC(C)c1ccc(OC)c(OC)c1. The lowest BCUT2D eigenvalue weighted by molar-refractivity contribution is 0.204. The number of benzene rings is 1. The van der Waals surface area contributed by atoms with Crippen LogP contribution in [0.3, 0.4) is 0 Å². The molecule has 0 aromatic heterocycles. The maximum absolute atomic E-state index is 5.29. The number of nitrogens with one attached hydrogen (secondary N) is 2. The molecule has 6 heteroatoms. The van der Waals surface area contributed by atoms with E-state index in [4.69, 9.17) is 26.4 Å². The third kappa shape index (κ3) is 4.86. The number of thiocarbonyl (C=S) groups is 1. The van der Waals surface area contributed by atoms with Gasteiger partial charge in [0.2, 0.25) is 0 Å². The Bertz CT molecular complexity index is 440. The smallest absolute Gasteiger partial charge is 0.166 e. The average Bonchev–Trinajstić information content (AvgIpc) is 2.46. The largest absolute Gasteiger partial charge is 0.493 e. The predicted molar refractivity (Wildman–Crippen MR) is 83.6 cm³/mol. The Kier molecular flexibility index (Phi) is 7.11. The van der Waals surface area contributed by atoms with E-state index in [0.717, 1.165) is 5.56 Å². The second kappa shape index (κ2) is 8.60. The molecular formula is C14H22N2O3S. The standard InChI is InChI=1S/C14H22N2O3S/c1-10(16-14(20)15-7-8-17-2)11-5-6-12(18-3)13(9-11)19-4/h5-6,9-10H,7-8H2,1-4H3,(H2,15,16,20). The predicted octanol–water partition coefficient (Wildman–Crippen LogP) is 1.88. The van der Waals surface area contributed by atoms with Gasteiger partial charge in [-0.2, -0.15) is 0 Å². The Labute approximate surface area is 125 Å². The minimum absolute atomic E-state index is 0.0670. The van der Waals surface area contributed by atoms with Crippen molar-refractivity contribution in [2.75, 3.05) is 34.5 Å². The van der Waals surface area contributed by atoms with Gasteiger partial charge in [0.25, 0.3) is 0 Å². The number of hydrogen-bond acceptors (Lipinski definition) is 4. The molecule has 1 rings (SSSR count). The van der Waals surface area contributed by atoms with E-state index in [1.165, 1.54) is 0 Å². The molecule has 0 spiro atoms. The van der Waals surface area contributed by atoms with Gasteiger partial charge in [0.05, 0.1) is 26.9 Å². The van der Waals surface area contributed by atoms with E-state index in [-0.39, 0.29) is 6.04 Å².